The summed E-state index contributed by atoms with van der Waals surface area (Å²) in [6.45, 7) is 4.52. The monoisotopic (exact) mass is 576 g/mol. The average molecular weight is 577 g/mol. The molecule has 3 aromatic rings. The van der Waals surface area contributed by atoms with Crippen LogP contribution in [-0.2, 0) is 10.0 Å². The summed E-state index contributed by atoms with van der Waals surface area (Å²) in [5.74, 6) is 0.496. The average Bonchev–Trinajstić information content (AvgIpc) is 2.93. The lowest BCUT2D eigenvalue weighted by Gasteiger charge is -2.31. The van der Waals surface area contributed by atoms with Crippen LogP contribution in [0.1, 0.15) is 19.4 Å². The molecule has 3 unspecified atom stereocenters. The summed E-state index contributed by atoms with van der Waals surface area (Å²) < 4.78 is 40.6. The summed E-state index contributed by atoms with van der Waals surface area (Å²) in [5, 5.41) is 50.7. The lowest BCUT2D eigenvalue weighted by atomic mass is 10.1. The summed E-state index contributed by atoms with van der Waals surface area (Å²) in [6.07, 6.45) is -2.40. The number of aromatic nitrogens is 2. The van der Waals surface area contributed by atoms with Gasteiger partial charge in [0.2, 0.25) is 0 Å². The van der Waals surface area contributed by atoms with Crippen molar-refractivity contribution in [2.45, 2.75) is 50.1 Å². The SMILES string of the molecule is Cc1cc(OCCNc2ccnnc2)cc(N(CC(O)C(O)C(O)CO)S(=O)(=O)c2ccccc2OC(C)C)c1. The van der Waals surface area contributed by atoms with E-state index in [9.17, 15) is 28.8 Å². The molecule has 5 N–H and O–H groups in total. The first kappa shape index (κ1) is 31.0. The Bertz CT molecular complexity index is 1330. The Balaban J connectivity index is 1.95. The molecule has 0 amide bonds. The predicted molar refractivity (Wildman–Crippen MR) is 149 cm³/mol. The molecule has 13 heteroatoms. The van der Waals surface area contributed by atoms with Crippen LogP contribution in [0.5, 0.6) is 11.5 Å². The van der Waals surface area contributed by atoms with Crippen LogP contribution in [0.3, 0.4) is 0 Å². The molecule has 218 valence electrons. The summed E-state index contributed by atoms with van der Waals surface area (Å²) in [4.78, 5) is -0.146. The molecule has 0 radical (unpaired) electrons. The summed E-state index contributed by atoms with van der Waals surface area (Å²) >= 11 is 0. The van der Waals surface area contributed by atoms with E-state index in [1.807, 2.05) is 0 Å². The van der Waals surface area contributed by atoms with E-state index in [0.29, 0.717) is 17.9 Å². The highest BCUT2D eigenvalue weighted by Crippen LogP contribution is 2.33. The molecule has 1 aromatic heterocycles. The second-order valence-corrected chi connectivity index (χ2v) is 11.2. The second kappa shape index (κ2) is 14.2. The van der Waals surface area contributed by atoms with Crippen molar-refractivity contribution in [3.63, 3.8) is 0 Å². The summed E-state index contributed by atoms with van der Waals surface area (Å²) in [5.41, 5.74) is 1.60. The molecule has 0 aliphatic rings. The van der Waals surface area contributed by atoms with Gasteiger partial charge >= 0.3 is 0 Å². The summed E-state index contributed by atoms with van der Waals surface area (Å²) in [6, 6.07) is 12.7. The fraction of sp³-hybridized carbons (Fsp3) is 0.407. The number of aliphatic hydroxyl groups is 4. The standard InChI is InChI=1S/C27H36N4O8S/c1-18(2)39-25-6-4-5-7-26(25)40(36,37)31(16-23(33)27(35)24(34)17-32)21-12-19(3)13-22(14-21)38-11-10-28-20-8-9-29-30-15-20/h4-9,12-15,18,23-24,27,32-35H,10-11,16-17H2,1-3H3,(H,28,29). The number of sulfonamides is 1. The van der Waals surface area contributed by atoms with Crippen molar-refractivity contribution in [3.8, 4) is 11.5 Å². The molecule has 0 fully saturated rings. The van der Waals surface area contributed by atoms with Crippen molar-refractivity contribution in [2.24, 2.45) is 0 Å². The number of aryl methyl sites for hydroxylation is 1. The molecule has 0 aliphatic heterocycles. The Morgan fingerprint density at radius 3 is 2.45 bits per heavy atom. The van der Waals surface area contributed by atoms with Crippen molar-refractivity contribution in [3.05, 3.63) is 66.5 Å². The quantitative estimate of drug-likeness (QED) is 0.165. The molecule has 0 aliphatic carbocycles. The number of nitrogens with one attached hydrogen (secondary N) is 1. The van der Waals surface area contributed by atoms with Crippen LogP contribution in [0.4, 0.5) is 11.4 Å². The van der Waals surface area contributed by atoms with Gasteiger partial charge in [-0.1, -0.05) is 12.1 Å². The van der Waals surface area contributed by atoms with Gasteiger partial charge in [0.1, 0.15) is 41.3 Å². The van der Waals surface area contributed by atoms with E-state index in [2.05, 4.69) is 15.5 Å². The van der Waals surface area contributed by atoms with Crippen LogP contribution in [0, 0.1) is 6.92 Å². The Hall–Kier alpha value is -3.49. The zero-order valence-electron chi connectivity index (χ0n) is 22.6. The first-order valence-corrected chi connectivity index (χ1v) is 14.2. The molecular weight excluding hydrogens is 540 g/mol. The van der Waals surface area contributed by atoms with Gasteiger partial charge in [-0.3, -0.25) is 4.31 Å². The van der Waals surface area contributed by atoms with Crippen molar-refractivity contribution in [1.82, 2.24) is 10.2 Å². The molecule has 12 nitrogen and oxygen atoms in total. The second-order valence-electron chi connectivity index (χ2n) is 9.37. The maximum atomic E-state index is 14.1. The van der Waals surface area contributed by atoms with Gasteiger partial charge in [-0.15, -0.1) is 0 Å². The molecule has 3 rings (SSSR count). The van der Waals surface area contributed by atoms with E-state index >= 15 is 0 Å². The number of aliphatic hydroxyl groups excluding tert-OH is 4. The van der Waals surface area contributed by atoms with Gasteiger partial charge in [0.05, 0.1) is 43.0 Å². The van der Waals surface area contributed by atoms with E-state index in [1.54, 1.807) is 63.5 Å². The number of para-hydroxylation sites is 1. The number of rotatable bonds is 15. The first-order chi connectivity index (χ1) is 19.0. The smallest absolute Gasteiger partial charge is 0.268 e. The predicted octanol–water partition coefficient (Wildman–Crippen LogP) is 1.33. The van der Waals surface area contributed by atoms with Crippen molar-refractivity contribution < 1.29 is 38.3 Å². The van der Waals surface area contributed by atoms with Gasteiger partial charge in [0.25, 0.3) is 10.0 Å². The molecule has 0 spiro atoms. The Morgan fingerprint density at radius 1 is 1.02 bits per heavy atom. The lowest BCUT2D eigenvalue weighted by Crippen LogP contribution is -2.47. The van der Waals surface area contributed by atoms with Gasteiger partial charge in [-0.2, -0.15) is 10.2 Å². The maximum Gasteiger partial charge on any atom is 0.268 e. The molecule has 40 heavy (non-hydrogen) atoms. The molecule has 2 aromatic carbocycles. The van der Waals surface area contributed by atoms with Gasteiger partial charge in [-0.25, -0.2) is 8.42 Å². The molecule has 1 heterocycles. The maximum absolute atomic E-state index is 14.1. The first-order valence-electron chi connectivity index (χ1n) is 12.7. The van der Waals surface area contributed by atoms with Gasteiger partial charge in [0.15, 0.2) is 0 Å². The fourth-order valence-electron chi connectivity index (χ4n) is 3.83. The normalized spacial score (nSPS) is 13.9. The largest absolute Gasteiger partial charge is 0.492 e. The van der Waals surface area contributed by atoms with Crippen molar-refractivity contribution in [2.75, 3.05) is 35.9 Å². The zero-order chi connectivity index (χ0) is 29.3. The molecule has 0 saturated heterocycles. The van der Waals surface area contributed by atoms with Crippen molar-refractivity contribution >= 4 is 21.4 Å². The number of nitrogens with zero attached hydrogens (tertiary/aromatic N) is 3. The topological polar surface area (TPSA) is 175 Å². The molecule has 0 saturated carbocycles. The highest BCUT2D eigenvalue weighted by molar-refractivity contribution is 7.93. The number of anilines is 2. The highest BCUT2D eigenvalue weighted by atomic mass is 32.2. The lowest BCUT2D eigenvalue weighted by molar-refractivity contribution is -0.0723. The summed E-state index contributed by atoms with van der Waals surface area (Å²) in [7, 11) is -4.37. The third-order valence-corrected chi connectivity index (χ3v) is 7.55. The molecular formula is C27H36N4O8S. The molecule has 0 bridgehead atoms. The zero-order valence-corrected chi connectivity index (χ0v) is 23.4. The number of hydrogen-bond donors (Lipinski definition) is 5. The van der Waals surface area contributed by atoms with Crippen LogP contribution in [0.15, 0.2) is 65.8 Å². The minimum absolute atomic E-state index is 0.119. The van der Waals surface area contributed by atoms with Crippen LogP contribution in [-0.4, -0.2) is 89.8 Å². The third kappa shape index (κ3) is 8.26. The Kier molecular flexibility index (Phi) is 11.0. The number of benzene rings is 2. The van der Waals surface area contributed by atoms with Gasteiger partial charge < -0.3 is 35.2 Å². The van der Waals surface area contributed by atoms with Gasteiger partial charge in [0, 0.05) is 12.6 Å². The van der Waals surface area contributed by atoms with E-state index in [0.717, 1.165) is 9.99 Å². The number of ether oxygens (including phenoxy) is 2. The van der Waals surface area contributed by atoms with Crippen LogP contribution in [0.2, 0.25) is 0 Å². The fourth-order valence-corrected chi connectivity index (χ4v) is 5.42. The molecule has 3 atom stereocenters. The minimum Gasteiger partial charge on any atom is -0.492 e. The van der Waals surface area contributed by atoms with E-state index < -0.39 is 41.5 Å². The van der Waals surface area contributed by atoms with Crippen LogP contribution in [0.25, 0.3) is 0 Å². The minimum atomic E-state index is -4.37. The Morgan fingerprint density at radius 2 is 1.77 bits per heavy atom. The van der Waals surface area contributed by atoms with Crippen molar-refractivity contribution in [1.29, 1.82) is 0 Å². The van der Waals surface area contributed by atoms with E-state index in [1.165, 1.54) is 18.2 Å². The highest BCUT2D eigenvalue weighted by Gasteiger charge is 2.34. The van der Waals surface area contributed by atoms with Crippen LogP contribution < -0.4 is 19.1 Å². The number of hydrogen-bond acceptors (Lipinski definition) is 11. The Labute approximate surface area is 233 Å². The van der Waals surface area contributed by atoms with E-state index in [4.69, 9.17) is 9.47 Å². The van der Waals surface area contributed by atoms with E-state index in [-0.39, 0.29) is 29.0 Å². The third-order valence-electron chi connectivity index (χ3n) is 5.72. The van der Waals surface area contributed by atoms with Crippen LogP contribution >= 0.6 is 0 Å². The van der Waals surface area contributed by atoms with Gasteiger partial charge in [-0.05, 0) is 56.7 Å².